The first-order chi connectivity index (χ1) is 18.6. The molecule has 0 spiro atoms. The second-order valence-corrected chi connectivity index (χ2v) is 10.3. The number of aromatic nitrogens is 2. The van der Waals surface area contributed by atoms with E-state index in [0.717, 1.165) is 38.5 Å². The fourth-order valence-corrected chi connectivity index (χ4v) is 5.26. The molecule has 2 aromatic rings. The number of nitrogens with zero attached hydrogens (tertiary/aromatic N) is 2. The molecule has 0 unspecified atom stereocenters. The Hall–Kier alpha value is -3.63. The van der Waals surface area contributed by atoms with E-state index in [9.17, 15) is 27.6 Å². The zero-order valence-corrected chi connectivity index (χ0v) is 21.7. The predicted octanol–water partition coefficient (Wildman–Crippen LogP) is 4.49. The molecular weight excluding hydrogens is 511 g/mol. The first kappa shape index (κ1) is 28.4. The zero-order chi connectivity index (χ0) is 28.0. The van der Waals surface area contributed by atoms with Gasteiger partial charge in [0.1, 0.15) is 18.3 Å². The first-order valence-electron chi connectivity index (χ1n) is 13.3. The van der Waals surface area contributed by atoms with E-state index in [0.29, 0.717) is 36.3 Å². The highest BCUT2D eigenvalue weighted by Crippen LogP contribution is 2.48. The number of alkyl halides is 3. The van der Waals surface area contributed by atoms with Crippen molar-refractivity contribution >= 4 is 23.4 Å². The predicted molar refractivity (Wildman–Crippen MR) is 140 cm³/mol. The topological polar surface area (TPSA) is 105 Å². The van der Waals surface area contributed by atoms with E-state index in [-0.39, 0.29) is 11.8 Å². The van der Waals surface area contributed by atoms with Gasteiger partial charge in [0.2, 0.25) is 11.8 Å². The molecule has 0 radical (unpaired) electrons. The summed E-state index contributed by atoms with van der Waals surface area (Å²) in [5.74, 6) is -1.42. The third-order valence-electron chi connectivity index (χ3n) is 7.53. The van der Waals surface area contributed by atoms with Gasteiger partial charge in [-0.2, -0.15) is 18.3 Å². The van der Waals surface area contributed by atoms with Gasteiger partial charge in [-0.3, -0.25) is 19.1 Å². The van der Waals surface area contributed by atoms with Gasteiger partial charge >= 0.3 is 6.18 Å². The average molecular weight is 546 g/mol. The van der Waals surface area contributed by atoms with Crippen molar-refractivity contribution in [2.75, 3.05) is 11.9 Å². The maximum Gasteiger partial charge on any atom is 0.405 e. The van der Waals surface area contributed by atoms with Crippen LogP contribution in [0.4, 0.5) is 18.9 Å². The van der Waals surface area contributed by atoms with Gasteiger partial charge in [-0.15, -0.1) is 6.58 Å². The minimum absolute atomic E-state index is 0.0291. The number of hydrogen-bond acceptors (Lipinski definition) is 4. The number of carbonyl (C=O) groups is 3. The van der Waals surface area contributed by atoms with Crippen molar-refractivity contribution in [2.45, 2.75) is 75.5 Å². The Morgan fingerprint density at radius 3 is 2.33 bits per heavy atom. The molecule has 0 saturated heterocycles. The van der Waals surface area contributed by atoms with Gasteiger partial charge in [0, 0.05) is 11.9 Å². The summed E-state index contributed by atoms with van der Waals surface area (Å²) in [4.78, 5) is 39.1. The van der Waals surface area contributed by atoms with Gasteiger partial charge in [0.05, 0.1) is 12.0 Å². The number of rotatable bonds is 10. The summed E-state index contributed by atoms with van der Waals surface area (Å²) in [6, 6.07) is 7.42. The minimum atomic E-state index is -4.48. The lowest BCUT2D eigenvalue weighted by atomic mass is 9.90. The molecule has 1 aromatic heterocycles. The third kappa shape index (κ3) is 7.07. The van der Waals surface area contributed by atoms with Gasteiger partial charge < -0.3 is 16.0 Å². The smallest absolute Gasteiger partial charge is 0.346 e. The van der Waals surface area contributed by atoms with Crippen molar-refractivity contribution in [1.82, 2.24) is 20.4 Å². The summed E-state index contributed by atoms with van der Waals surface area (Å²) in [6.07, 6.45) is 5.37. The maximum atomic E-state index is 13.5. The number of amides is 3. The molecule has 3 N–H and O–H groups in total. The third-order valence-corrected chi connectivity index (χ3v) is 7.53. The molecule has 3 amide bonds. The van der Waals surface area contributed by atoms with E-state index in [1.807, 2.05) is 5.32 Å². The van der Waals surface area contributed by atoms with Gasteiger partial charge in [0.15, 0.2) is 0 Å². The van der Waals surface area contributed by atoms with Crippen LogP contribution in [0.25, 0.3) is 0 Å². The Kier molecular flexibility index (Phi) is 8.76. The van der Waals surface area contributed by atoms with Crippen molar-refractivity contribution in [1.29, 1.82) is 0 Å². The molecule has 0 aliphatic heterocycles. The van der Waals surface area contributed by atoms with Gasteiger partial charge in [-0.05, 0) is 55.4 Å². The van der Waals surface area contributed by atoms with Crippen molar-refractivity contribution < 1.29 is 27.6 Å². The van der Waals surface area contributed by atoms with Crippen LogP contribution in [0.3, 0.4) is 0 Å². The van der Waals surface area contributed by atoms with Crippen LogP contribution in [0, 0.1) is 5.92 Å². The molecule has 210 valence electrons. The molecule has 2 aliphatic rings. The van der Waals surface area contributed by atoms with E-state index in [2.05, 4.69) is 22.3 Å². The number of halogens is 3. The number of hydrogen-bond donors (Lipinski definition) is 3. The van der Waals surface area contributed by atoms with Crippen LogP contribution in [0.1, 0.15) is 67.4 Å². The average Bonchev–Trinajstić information content (AvgIpc) is 3.65. The number of allylic oxidation sites excluding steroid dienone is 1. The number of nitrogens with one attached hydrogen (secondary N) is 3. The first-order valence-corrected chi connectivity index (χ1v) is 13.3. The van der Waals surface area contributed by atoms with Crippen molar-refractivity contribution in [3.8, 4) is 0 Å². The Morgan fingerprint density at radius 1 is 1.08 bits per heavy atom. The molecule has 2 fully saturated rings. The summed E-state index contributed by atoms with van der Waals surface area (Å²) in [7, 11) is 0. The second-order valence-electron chi connectivity index (χ2n) is 10.3. The molecule has 8 nitrogen and oxygen atoms in total. The van der Waals surface area contributed by atoms with E-state index < -0.39 is 36.0 Å². The van der Waals surface area contributed by atoms with E-state index >= 15 is 0 Å². The van der Waals surface area contributed by atoms with E-state index in [4.69, 9.17) is 0 Å². The normalized spacial score (nSPS) is 17.9. The Balaban J connectivity index is 1.46. The van der Waals surface area contributed by atoms with Crippen LogP contribution < -0.4 is 16.0 Å². The fourth-order valence-electron chi connectivity index (χ4n) is 5.26. The molecular formula is C28H34F3N5O3. The quantitative estimate of drug-likeness (QED) is 0.302. The number of benzene rings is 1. The van der Waals surface area contributed by atoms with Crippen LogP contribution in [0.2, 0.25) is 0 Å². The molecule has 0 bridgehead atoms. The minimum Gasteiger partial charge on any atom is -0.346 e. The molecule has 4 rings (SSSR count). The number of anilines is 1. The maximum absolute atomic E-state index is 13.5. The SMILES string of the molecule is C=CCn1nccc1C(=O)N[C@H](C(=O)Nc1ccc(C2(C(=O)NCC(F)(F)F)CC2)cc1)C1CCCCCC1. The Bertz CT molecular complexity index is 1180. The molecule has 39 heavy (non-hydrogen) atoms. The van der Waals surface area contributed by atoms with Gasteiger partial charge in [0.25, 0.3) is 5.91 Å². The van der Waals surface area contributed by atoms with E-state index in [1.54, 1.807) is 36.4 Å². The van der Waals surface area contributed by atoms with Crippen LogP contribution in [0.15, 0.2) is 49.2 Å². The molecule has 11 heteroatoms. The highest BCUT2D eigenvalue weighted by molar-refractivity contribution is 6.00. The highest BCUT2D eigenvalue weighted by Gasteiger charge is 2.51. The second kappa shape index (κ2) is 12.0. The highest BCUT2D eigenvalue weighted by atomic mass is 19.4. The summed E-state index contributed by atoms with van der Waals surface area (Å²) in [5.41, 5.74) is 0.437. The Labute approximate surface area is 225 Å². The zero-order valence-electron chi connectivity index (χ0n) is 21.7. The van der Waals surface area contributed by atoms with Crippen LogP contribution in [0.5, 0.6) is 0 Å². The lowest BCUT2D eigenvalue weighted by molar-refractivity contribution is -0.139. The lowest BCUT2D eigenvalue weighted by Gasteiger charge is -2.26. The Morgan fingerprint density at radius 2 is 1.74 bits per heavy atom. The summed E-state index contributed by atoms with van der Waals surface area (Å²) >= 11 is 0. The molecule has 1 atom stereocenters. The van der Waals surface area contributed by atoms with Crippen molar-refractivity contribution in [3.05, 3.63) is 60.4 Å². The van der Waals surface area contributed by atoms with Crippen molar-refractivity contribution in [2.24, 2.45) is 5.92 Å². The largest absolute Gasteiger partial charge is 0.405 e. The summed E-state index contributed by atoms with van der Waals surface area (Å²) in [6.45, 7) is 2.67. The van der Waals surface area contributed by atoms with Crippen LogP contribution in [-0.2, 0) is 21.5 Å². The fraction of sp³-hybridized carbons (Fsp3) is 0.500. The van der Waals surface area contributed by atoms with Gasteiger partial charge in [-0.1, -0.05) is 43.9 Å². The van der Waals surface area contributed by atoms with Crippen LogP contribution in [-0.4, -0.2) is 46.3 Å². The van der Waals surface area contributed by atoms with Crippen LogP contribution >= 0.6 is 0 Å². The van der Waals surface area contributed by atoms with Crippen molar-refractivity contribution in [3.63, 3.8) is 0 Å². The van der Waals surface area contributed by atoms with E-state index in [1.165, 1.54) is 10.9 Å². The monoisotopic (exact) mass is 545 g/mol. The molecule has 2 saturated carbocycles. The van der Waals surface area contributed by atoms with Gasteiger partial charge in [-0.25, -0.2) is 0 Å². The summed E-state index contributed by atoms with van der Waals surface area (Å²) in [5, 5.41) is 11.9. The standard InChI is InChI=1S/C28H34F3N5O3/c1-2-17-36-22(13-16-33-36)24(37)35-23(19-7-5-3-4-6-8-19)25(38)34-21-11-9-20(10-12-21)27(14-15-27)26(39)32-18-28(29,30)31/h2,9-13,16,19,23H,1,3-8,14-15,17-18H2,(H,32,39)(H,34,38)(H,35,37)/t23-/m0/s1. The molecule has 2 aliphatic carbocycles. The molecule has 1 aromatic carbocycles. The number of carbonyl (C=O) groups excluding carboxylic acids is 3. The molecule has 1 heterocycles. The lowest BCUT2D eigenvalue weighted by Crippen LogP contribution is -2.49. The summed E-state index contributed by atoms with van der Waals surface area (Å²) < 4.78 is 39.2.